The molecule has 0 atom stereocenters. The van der Waals surface area contributed by atoms with Crippen LogP contribution in [0.15, 0.2) is 0 Å². The van der Waals surface area contributed by atoms with Crippen molar-refractivity contribution in [2.24, 2.45) is 5.92 Å². The van der Waals surface area contributed by atoms with Crippen molar-refractivity contribution in [3.05, 3.63) is 0 Å². The van der Waals surface area contributed by atoms with Gasteiger partial charge >= 0.3 is 0 Å². The third-order valence-electron chi connectivity index (χ3n) is 2.41. The lowest BCUT2D eigenvalue weighted by Crippen LogP contribution is -2.11. The first-order valence-corrected chi connectivity index (χ1v) is 4.80. The number of rotatable bonds is 2. The van der Waals surface area contributed by atoms with E-state index in [2.05, 4.69) is 0 Å². The van der Waals surface area contributed by atoms with E-state index in [1.807, 2.05) is 0 Å². The Balaban J connectivity index is 2.19. The van der Waals surface area contributed by atoms with Gasteiger partial charge in [0, 0.05) is 6.42 Å². The molecule has 0 saturated heterocycles. The van der Waals surface area contributed by atoms with Crippen LogP contribution in [0.1, 0.15) is 38.5 Å². The van der Waals surface area contributed by atoms with Crippen molar-refractivity contribution in [1.29, 1.82) is 0 Å². The average molecular weight is 172 g/mol. The second-order valence-electron chi connectivity index (χ2n) is 3.28. The Morgan fingerprint density at radius 1 is 1.36 bits per heavy atom. The molecule has 1 saturated carbocycles. The van der Waals surface area contributed by atoms with Gasteiger partial charge in [-0.1, -0.05) is 19.3 Å². The van der Waals surface area contributed by atoms with Crippen molar-refractivity contribution in [2.75, 3.05) is 7.11 Å². The molecule has 0 spiro atoms. The van der Waals surface area contributed by atoms with Gasteiger partial charge in [0.25, 0.3) is 0 Å². The molecule has 0 aliphatic heterocycles. The molecule has 0 bridgehead atoms. The molecule has 1 nitrogen and oxygen atoms in total. The summed E-state index contributed by atoms with van der Waals surface area (Å²) in [6.45, 7) is 0. The van der Waals surface area contributed by atoms with Gasteiger partial charge in [-0.25, -0.2) is 0 Å². The highest BCUT2D eigenvalue weighted by Gasteiger charge is 2.14. The second kappa shape index (κ2) is 4.70. The first kappa shape index (κ1) is 8.98. The van der Waals surface area contributed by atoms with E-state index < -0.39 is 0 Å². The molecule has 11 heavy (non-hydrogen) atoms. The van der Waals surface area contributed by atoms with Gasteiger partial charge in [-0.05, 0) is 31.0 Å². The molecule has 0 N–H and O–H groups in total. The van der Waals surface area contributed by atoms with Gasteiger partial charge in [0.1, 0.15) is 0 Å². The molecule has 1 rings (SSSR count). The van der Waals surface area contributed by atoms with Crippen LogP contribution >= 0.6 is 12.2 Å². The maximum absolute atomic E-state index is 5.01. The van der Waals surface area contributed by atoms with Crippen molar-refractivity contribution in [3.8, 4) is 0 Å². The van der Waals surface area contributed by atoms with Crippen LogP contribution in [0.5, 0.6) is 0 Å². The third kappa shape index (κ3) is 3.19. The van der Waals surface area contributed by atoms with E-state index in [-0.39, 0.29) is 0 Å². The summed E-state index contributed by atoms with van der Waals surface area (Å²) >= 11 is 5.01. The minimum absolute atomic E-state index is 0.789. The lowest BCUT2D eigenvalue weighted by Gasteiger charge is -2.20. The molecule has 1 fully saturated rings. The molecule has 0 radical (unpaired) electrons. The largest absolute Gasteiger partial charge is 0.490 e. The van der Waals surface area contributed by atoms with Gasteiger partial charge in [-0.15, -0.1) is 0 Å². The van der Waals surface area contributed by atoms with E-state index >= 15 is 0 Å². The van der Waals surface area contributed by atoms with E-state index in [4.69, 9.17) is 17.0 Å². The highest BCUT2D eigenvalue weighted by Crippen LogP contribution is 2.26. The lowest BCUT2D eigenvalue weighted by molar-refractivity contribution is 0.334. The number of hydrogen-bond donors (Lipinski definition) is 0. The van der Waals surface area contributed by atoms with Crippen molar-refractivity contribution >= 4 is 17.3 Å². The van der Waals surface area contributed by atoms with Crippen LogP contribution in [-0.4, -0.2) is 12.2 Å². The molecule has 0 aromatic carbocycles. The Morgan fingerprint density at radius 3 is 2.55 bits per heavy atom. The molecule has 2 heteroatoms. The minimum atomic E-state index is 0.789. The summed E-state index contributed by atoms with van der Waals surface area (Å²) < 4.78 is 4.98. The minimum Gasteiger partial charge on any atom is -0.490 e. The zero-order chi connectivity index (χ0) is 8.10. The Hall–Kier alpha value is -0.110. The Kier molecular flexibility index (Phi) is 3.84. The van der Waals surface area contributed by atoms with Crippen LogP contribution in [0.4, 0.5) is 0 Å². The summed E-state index contributed by atoms with van der Waals surface area (Å²) in [6.07, 6.45) is 7.89. The molecule has 0 amide bonds. The van der Waals surface area contributed by atoms with Crippen molar-refractivity contribution < 1.29 is 4.74 Å². The number of methoxy groups -OCH3 is 1. The Morgan fingerprint density at radius 2 is 2.00 bits per heavy atom. The van der Waals surface area contributed by atoms with Gasteiger partial charge in [0.15, 0.2) is 5.05 Å². The lowest BCUT2D eigenvalue weighted by atomic mass is 9.87. The molecule has 0 unspecified atom stereocenters. The van der Waals surface area contributed by atoms with Crippen LogP contribution in [-0.2, 0) is 4.74 Å². The highest BCUT2D eigenvalue weighted by molar-refractivity contribution is 7.80. The van der Waals surface area contributed by atoms with E-state index in [0.29, 0.717) is 0 Å². The van der Waals surface area contributed by atoms with E-state index in [0.717, 1.165) is 17.4 Å². The first-order valence-electron chi connectivity index (χ1n) is 4.39. The standard InChI is InChI=1S/C9H16OS/c1-10-9(11)7-8-5-3-2-4-6-8/h8H,2-7H2,1H3. The van der Waals surface area contributed by atoms with Crippen LogP contribution in [0.25, 0.3) is 0 Å². The number of hydrogen-bond acceptors (Lipinski definition) is 2. The quantitative estimate of drug-likeness (QED) is 0.592. The first-order chi connectivity index (χ1) is 5.33. The van der Waals surface area contributed by atoms with Gasteiger partial charge in [-0.2, -0.15) is 0 Å². The maximum Gasteiger partial charge on any atom is 0.159 e. The predicted octanol–water partition coefficient (Wildman–Crippen LogP) is 2.93. The smallest absolute Gasteiger partial charge is 0.159 e. The number of thiocarbonyl (C=S) groups is 1. The summed E-state index contributed by atoms with van der Waals surface area (Å²) in [5, 5.41) is 0.789. The van der Waals surface area contributed by atoms with Crippen molar-refractivity contribution in [1.82, 2.24) is 0 Å². The van der Waals surface area contributed by atoms with Gasteiger partial charge in [0.2, 0.25) is 0 Å². The Labute approximate surface area is 74.1 Å². The molecule has 64 valence electrons. The third-order valence-corrected chi connectivity index (χ3v) is 2.74. The topological polar surface area (TPSA) is 9.23 Å². The van der Waals surface area contributed by atoms with Crippen LogP contribution in [0, 0.1) is 5.92 Å². The number of ether oxygens (including phenoxy) is 1. The summed E-state index contributed by atoms with van der Waals surface area (Å²) in [4.78, 5) is 0. The molecule has 1 aliphatic rings. The molecular weight excluding hydrogens is 156 g/mol. The Bertz CT molecular complexity index is 128. The van der Waals surface area contributed by atoms with E-state index in [9.17, 15) is 0 Å². The fourth-order valence-corrected chi connectivity index (χ4v) is 1.95. The normalized spacial score (nSPS) is 19.7. The van der Waals surface area contributed by atoms with E-state index in [1.165, 1.54) is 32.1 Å². The monoisotopic (exact) mass is 172 g/mol. The van der Waals surface area contributed by atoms with Gasteiger partial charge in [-0.3, -0.25) is 0 Å². The van der Waals surface area contributed by atoms with Gasteiger partial charge < -0.3 is 4.74 Å². The molecule has 0 heterocycles. The maximum atomic E-state index is 5.01. The van der Waals surface area contributed by atoms with Crippen molar-refractivity contribution in [2.45, 2.75) is 38.5 Å². The van der Waals surface area contributed by atoms with Crippen LogP contribution in [0.3, 0.4) is 0 Å². The summed E-state index contributed by atoms with van der Waals surface area (Å²) in [6, 6.07) is 0. The van der Waals surface area contributed by atoms with Crippen molar-refractivity contribution in [3.63, 3.8) is 0 Å². The molecule has 0 aromatic heterocycles. The fraction of sp³-hybridized carbons (Fsp3) is 0.889. The summed E-state index contributed by atoms with van der Waals surface area (Å²) in [5.41, 5.74) is 0. The fourth-order valence-electron chi connectivity index (χ4n) is 1.71. The zero-order valence-corrected chi connectivity index (χ0v) is 7.95. The van der Waals surface area contributed by atoms with E-state index in [1.54, 1.807) is 7.11 Å². The molecule has 0 aromatic rings. The molecular formula is C9H16OS. The summed E-state index contributed by atoms with van der Waals surface area (Å²) in [5.74, 6) is 0.816. The predicted molar refractivity (Wildman–Crippen MR) is 50.8 cm³/mol. The van der Waals surface area contributed by atoms with Crippen LogP contribution in [0.2, 0.25) is 0 Å². The molecule has 1 aliphatic carbocycles. The van der Waals surface area contributed by atoms with Crippen LogP contribution < -0.4 is 0 Å². The van der Waals surface area contributed by atoms with Gasteiger partial charge in [0.05, 0.1) is 7.11 Å². The summed E-state index contributed by atoms with van der Waals surface area (Å²) in [7, 11) is 1.67. The second-order valence-corrected chi connectivity index (χ2v) is 3.74. The average Bonchev–Trinajstić information content (AvgIpc) is 2.06. The highest BCUT2D eigenvalue weighted by atomic mass is 32.1. The SMILES string of the molecule is COC(=S)CC1CCCCC1. The zero-order valence-electron chi connectivity index (χ0n) is 7.14.